The molecule has 0 saturated heterocycles. The number of methoxy groups -OCH3 is 1. The van der Waals surface area contributed by atoms with Crippen molar-refractivity contribution in [1.82, 2.24) is 9.88 Å². The van der Waals surface area contributed by atoms with E-state index in [0.717, 1.165) is 34.2 Å². The number of carbonyl (C=O) groups is 1. The number of ether oxygens (including phenoxy) is 1. The van der Waals surface area contributed by atoms with Crippen LogP contribution in [-0.2, 0) is 24.4 Å². The monoisotopic (exact) mass is 338 g/mol. The van der Waals surface area contributed by atoms with Crippen LogP contribution in [0, 0.1) is 0 Å². The SMILES string of the molecule is COc1ccc2c(ccn2CC(=O)NCCc2ccc(CO)cc2)c1. The normalized spacial score (nSPS) is 10.8. The third-order valence-electron chi connectivity index (χ3n) is 4.23. The Morgan fingerprint density at radius 1 is 1.12 bits per heavy atom. The van der Waals surface area contributed by atoms with Gasteiger partial charge in [-0.25, -0.2) is 0 Å². The van der Waals surface area contributed by atoms with Crippen molar-refractivity contribution in [2.24, 2.45) is 0 Å². The van der Waals surface area contributed by atoms with Gasteiger partial charge in [-0.15, -0.1) is 0 Å². The molecule has 0 saturated carbocycles. The maximum Gasteiger partial charge on any atom is 0.239 e. The summed E-state index contributed by atoms with van der Waals surface area (Å²) in [4.78, 5) is 12.2. The standard InChI is InChI=1S/C20H22N2O3/c1-25-18-6-7-19-17(12-18)9-11-22(19)13-20(24)21-10-8-15-2-4-16(14-23)5-3-15/h2-7,9,11-12,23H,8,10,13-14H2,1H3,(H,21,24). The maximum atomic E-state index is 12.2. The number of carbonyl (C=O) groups excluding carboxylic acids is 1. The quantitative estimate of drug-likeness (QED) is 0.696. The number of benzene rings is 2. The van der Waals surface area contributed by atoms with Crippen LogP contribution in [0.4, 0.5) is 0 Å². The van der Waals surface area contributed by atoms with Gasteiger partial charge < -0.3 is 19.7 Å². The number of rotatable bonds is 7. The molecule has 130 valence electrons. The molecular formula is C20H22N2O3. The van der Waals surface area contributed by atoms with E-state index in [1.807, 2.05) is 59.3 Å². The molecule has 0 bridgehead atoms. The highest BCUT2D eigenvalue weighted by Crippen LogP contribution is 2.21. The maximum absolute atomic E-state index is 12.2. The zero-order valence-corrected chi connectivity index (χ0v) is 14.2. The topological polar surface area (TPSA) is 63.5 Å². The van der Waals surface area contributed by atoms with Crippen molar-refractivity contribution in [3.8, 4) is 5.75 Å². The average Bonchev–Trinajstić information content (AvgIpc) is 3.04. The van der Waals surface area contributed by atoms with Crippen molar-refractivity contribution in [2.75, 3.05) is 13.7 Å². The first-order valence-electron chi connectivity index (χ1n) is 8.28. The summed E-state index contributed by atoms with van der Waals surface area (Å²) in [6.45, 7) is 0.928. The Kier molecular flexibility index (Phi) is 5.36. The smallest absolute Gasteiger partial charge is 0.239 e. The van der Waals surface area contributed by atoms with Crippen LogP contribution in [0.15, 0.2) is 54.7 Å². The van der Waals surface area contributed by atoms with E-state index in [-0.39, 0.29) is 12.5 Å². The molecule has 3 rings (SSSR count). The van der Waals surface area contributed by atoms with Crippen molar-refractivity contribution in [1.29, 1.82) is 0 Å². The Morgan fingerprint density at radius 2 is 1.88 bits per heavy atom. The second-order valence-electron chi connectivity index (χ2n) is 5.94. The third-order valence-corrected chi connectivity index (χ3v) is 4.23. The first kappa shape index (κ1) is 17.0. The molecule has 0 aliphatic carbocycles. The van der Waals surface area contributed by atoms with Gasteiger partial charge in [0.15, 0.2) is 0 Å². The lowest BCUT2D eigenvalue weighted by Gasteiger charge is -2.08. The Hall–Kier alpha value is -2.79. The zero-order valence-electron chi connectivity index (χ0n) is 14.2. The Bertz CT molecular complexity index is 853. The first-order valence-corrected chi connectivity index (χ1v) is 8.28. The van der Waals surface area contributed by atoms with Gasteiger partial charge in [-0.1, -0.05) is 24.3 Å². The van der Waals surface area contributed by atoms with Gasteiger partial charge >= 0.3 is 0 Å². The summed E-state index contributed by atoms with van der Waals surface area (Å²) >= 11 is 0. The van der Waals surface area contributed by atoms with Gasteiger partial charge in [0.2, 0.25) is 5.91 Å². The second kappa shape index (κ2) is 7.85. The Labute approximate surface area is 146 Å². The number of nitrogens with one attached hydrogen (secondary N) is 1. The summed E-state index contributed by atoms with van der Waals surface area (Å²) in [7, 11) is 1.64. The van der Waals surface area contributed by atoms with Crippen LogP contribution < -0.4 is 10.1 Å². The molecule has 0 aliphatic rings. The first-order chi connectivity index (χ1) is 12.2. The van der Waals surface area contributed by atoms with Crippen LogP contribution in [0.1, 0.15) is 11.1 Å². The second-order valence-corrected chi connectivity index (χ2v) is 5.94. The van der Waals surface area contributed by atoms with Gasteiger partial charge in [0.25, 0.3) is 0 Å². The minimum Gasteiger partial charge on any atom is -0.497 e. The van der Waals surface area contributed by atoms with Crippen LogP contribution in [0.2, 0.25) is 0 Å². The number of aliphatic hydroxyl groups is 1. The minimum absolute atomic E-state index is 0.0136. The van der Waals surface area contributed by atoms with Crippen molar-refractivity contribution in [2.45, 2.75) is 19.6 Å². The lowest BCUT2D eigenvalue weighted by atomic mass is 10.1. The molecule has 1 heterocycles. The van der Waals surface area contributed by atoms with Crippen LogP contribution in [0.25, 0.3) is 10.9 Å². The van der Waals surface area contributed by atoms with E-state index < -0.39 is 0 Å². The van der Waals surface area contributed by atoms with E-state index in [0.29, 0.717) is 13.1 Å². The molecule has 0 atom stereocenters. The van der Waals surface area contributed by atoms with E-state index in [4.69, 9.17) is 9.84 Å². The Morgan fingerprint density at radius 3 is 2.60 bits per heavy atom. The van der Waals surface area contributed by atoms with Gasteiger partial charge in [-0.2, -0.15) is 0 Å². The number of aromatic nitrogens is 1. The molecule has 2 aromatic carbocycles. The highest BCUT2D eigenvalue weighted by atomic mass is 16.5. The summed E-state index contributed by atoms with van der Waals surface area (Å²) in [6, 6.07) is 15.6. The van der Waals surface area contributed by atoms with Crippen LogP contribution in [-0.4, -0.2) is 29.2 Å². The highest BCUT2D eigenvalue weighted by Gasteiger charge is 2.07. The fraction of sp³-hybridized carbons (Fsp3) is 0.250. The van der Waals surface area contributed by atoms with Gasteiger partial charge in [0, 0.05) is 23.6 Å². The zero-order chi connectivity index (χ0) is 17.6. The van der Waals surface area contributed by atoms with Crippen molar-refractivity contribution < 1.29 is 14.6 Å². The van der Waals surface area contributed by atoms with Gasteiger partial charge in [-0.05, 0) is 41.8 Å². The van der Waals surface area contributed by atoms with E-state index in [2.05, 4.69) is 5.32 Å². The van der Waals surface area contributed by atoms with Crippen molar-refractivity contribution >= 4 is 16.8 Å². The lowest BCUT2D eigenvalue weighted by molar-refractivity contribution is -0.121. The molecule has 1 aromatic heterocycles. The molecule has 0 aliphatic heterocycles. The molecule has 0 spiro atoms. The van der Waals surface area contributed by atoms with Crippen LogP contribution in [0.5, 0.6) is 5.75 Å². The molecule has 3 aromatic rings. The molecule has 1 amide bonds. The summed E-state index contributed by atoms with van der Waals surface area (Å²) in [6.07, 6.45) is 2.68. The minimum atomic E-state index is -0.0136. The molecule has 25 heavy (non-hydrogen) atoms. The molecular weight excluding hydrogens is 316 g/mol. The molecule has 0 fully saturated rings. The molecule has 0 radical (unpaired) electrons. The number of aliphatic hydroxyl groups excluding tert-OH is 1. The summed E-state index contributed by atoms with van der Waals surface area (Å²) in [5, 5.41) is 13.0. The van der Waals surface area contributed by atoms with Crippen LogP contribution in [0.3, 0.4) is 0 Å². The van der Waals surface area contributed by atoms with Crippen molar-refractivity contribution in [3.63, 3.8) is 0 Å². The number of hydrogen-bond donors (Lipinski definition) is 2. The molecule has 5 heteroatoms. The predicted octanol–water partition coefficient (Wildman–Crippen LogP) is 2.50. The molecule has 5 nitrogen and oxygen atoms in total. The number of hydrogen-bond acceptors (Lipinski definition) is 3. The number of nitrogens with zero attached hydrogens (tertiary/aromatic N) is 1. The van der Waals surface area contributed by atoms with Crippen LogP contribution >= 0.6 is 0 Å². The third kappa shape index (κ3) is 4.19. The fourth-order valence-electron chi connectivity index (χ4n) is 2.81. The van der Waals surface area contributed by atoms with E-state index in [1.54, 1.807) is 7.11 Å². The Balaban J connectivity index is 1.53. The molecule has 0 unspecified atom stereocenters. The van der Waals surface area contributed by atoms with Gasteiger partial charge in [-0.3, -0.25) is 4.79 Å². The number of fused-ring (bicyclic) bond motifs is 1. The summed E-state index contributed by atoms with van der Waals surface area (Å²) < 4.78 is 7.15. The average molecular weight is 338 g/mol. The largest absolute Gasteiger partial charge is 0.497 e. The van der Waals surface area contributed by atoms with Gasteiger partial charge in [0.1, 0.15) is 12.3 Å². The summed E-state index contributed by atoms with van der Waals surface area (Å²) in [5.41, 5.74) is 3.04. The predicted molar refractivity (Wildman–Crippen MR) is 97.6 cm³/mol. The van der Waals surface area contributed by atoms with Gasteiger partial charge in [0.05, 0.1) is 13.7 Å². The highest BCUT2D eigenvalue weighted by molar-refractivity contribution is 5.84. The number of amides is 1. The molecule has 2 N–H and O–H groups in total. The van der Waals surface area contributed by atoms with E-state index in [1.165, 1.54) is 0 Å². The van der Waals surface area contributed by atoms with Crippen molar-refractivity contribution in [3.05, 3.63) is 65.9 Å². The summed E-state index contributed by atoms with van der Waals surface area (Å²) in [5.74, 6) is 0.794. The lowest BCUT2D eigenvalue weighted by Crippen LogP contribution is -2.29. The van der Waals surface area contributed by atoms with E-state index >= 15 is 0 Å². The fourth-order valence-corrected chi connectivity index (χ4v) is 2.81. The van der Waals surface area contributed by atoms with E-state index in [9.17, 15) is 4.79 Å².